The Morgan fingerprint density at radius 3 is 2.70 bits per heavy atom. The van der Waals surface area contributed by atoms with Crippen molar-refractivity contribution in [3.8, 4) is 0 Å². The van der Waals surface area contributed by atoms with E-state index < -0.39 is 12.1 Å². The van der Waals surface area contributed by atoms with Crippen LogP contribution in [0.5, 0.6) is 0 Å². The molecule has 1 heterocycles. The van der Waals surface area contributed by atoms with Gasteiger partial charge < -0.3 is 9.84 Å². The van der Waals surface area contributed by atoms with Crippen LogP contribution in [0, 0.1) is 0 Å². The average molecular weight is 334 g/mol. The molecule has 0 radical (unpaired) electrons. The number of Topliss-reactive ketones (excluding diaryl/α,β-unsaturated/α-hetero) is 1. The molecular formula is C18H22O4S. The van der Waals surface area contributed by atoms with E-state index in [9.17, 15) is 14.7 Å². The molecule has 124 valence electrons. The Balaban J connectivity index is 1.93. The molecule has 1 aliphatic rings. The molecule has 0 aliphatic carbocycles. The van der Waals surface area contributed by atoms with Gasteiger partial charge in [-0.3, -0.25) is 4.79 Å². The van der Waals surface area contributed by atoms with Crippen molar-refractivity contribution in [3.05, 3.63) is 47.2 Å². The van der Waals surface area contributed by atoms with Crippen LogP contribution < -0.4 is 0 Å². The number of rotatable bonds is 8. The first-order valence-corrected chi connectivity index (χ1v) is 9.05. The van der Waals surface area contributed by atoms with Crippen molar-refractivity contribution in [2.45, 2.75) is 44.0 Å². The molecule has 0 fully saturated rings. The number of ketones is 1. The molecule has 23 heavy (non-hydrogen) atoms. The van der Waals surface area contributed by atoms with Gasteiger partial charge in [0, 0.05) is 18.1 Å². The first-order valence-electron chi connectivity index (χ1n) is 7.77. The number of aliphatic hydroxyl groups is 1. The van der Waals surface area contributed by atoms with Gasteiger partial charge in [0.2, 0.25) is 0 Å². The maximum absolute atomic E-state index is 12.2. The highest BCUT2D eigenvalue weighted by atomic mass is 32.2. The number of cyclic esters (lactones) is 1. The van der Waals surface area contributed by atoms with Gasteiger partial charge in [0.15, 0.2) is 17.6 Å². The summed E-state index contributed by atoms with van der Waals surface area (Å²) in [4.78, 5) is 24.1. The van der Waals surface area contributed by atoms with Crippen LogP contribution in [0.25, 0.3) is 0 Å². The fraction of sp³-hybridized carbons (Fsp3) is 0.444. The van der Waals surface area contributed by atoms with Crippen LogP contribution in [0.1, 0.15) is 31.7 Å². The first-order chi connectivity index (χ1) is 11.0. The van der Waals surface area contributed by atoms with Gasteiger partial charge in [0.05, 0.1) is 0 Å². The predicted octanol–water partition coefficient (Wildman–Crippen LogP) is 3.46. The Labute approximate surface area is 140 Å². The SMILES string of the molecule is CSC(C)CC1OC(=O)C(C(=O)CCCc2ccccc2)=C1O. The summed E-state index contributed by atoms with van der Waals surface area (Å²) in [6.45, 7) is 1.99. The summed E-state index contributed by atoms with van der Waals surface area (Å²) in [5.41, 5.74) is 0.996. The molecule has 2 rings (SSSR count). The van der Waals surface area contributed by atoms with E-state index in [1.807, 2.05) is 43.5 Å². The minimum absolute atomic E-state index is 0.156. The molecule has 4 nitrogen and oxygen atoms in total. The molecular weight excluding hydrogens is 312 g/mol. The van der Waals surface area contributed by atoms with Crippen molar-refractivity contribution in [3.63, 3.8) is 0 Å². The fourth-order valence-electron chi connectivity index (χ4n) is 2.55. The number of esters is 1. The van der Waals surface area contributed by atoms with Gasteiger partial charge in [-0.15, -0.1) is 0 Å². The summed E-state index contributed by atoms with van der Waals surface area (Å²) >= 11 is 1.63. The summed E-state index contributed by atoms with van der Waals surface area (Å²) in [5, 5.41) is 10.4. The van der Waals surface area contributed by atoms with Crippen LogP contribution in [0.3, 0.4) is 0 Å². The topological polar surface area (TPSA) is 63.6 Å². The van der Waals surface area contributed by atoms with Crippen molar-refractivity contribution in [2.75, 3.05) is 6.26 Å². The standard InChI is InChI=1S/C18H22O4S/c1-12(23-2)11-15-17(20)16(18(21)22-15)14(19)10-6-9-13-7-4-3-5-8-13/h3-5,7-8,12,15,20H,6,9-11H2,1-2H3. The van der Waals surface area contributed by atoms with Crippen LogP contribution in [-0.4, -0.2) is 34.5 Å². The largest absolute Gasteiger partial charge is 0.507 e. The monoisotopic (exact) mass is 334 g/mol. The lowest BCUT2D eigenvalue weighted by atomic mass is 10.0. The number of carbonyl (C=O) groups is 2. The fourth-order valence-corrected chi connectivity index (χ4v) is 2.91. The smallest absolute Gasteiger partial charge is 0.346 e. The average Bonchev–Trinajstić information content (AvgIpc) is 2.82. The third-order valence-corrected chi connectivity index (χ3v) is 4.95. The van der Waals surface area contributed by atoms with Gasteiger partial charge in [-0.1, -0.05) is 37.3 Å². The van der Waals surface area contributed by atoms with E-state index in [-0.39, 0.29) is 28.8 Å². The number of carbonyl (C=O) groups excluding carboxylic acids is 2. The lowest BCUT2D eigenvalue weighted by molar-refractivity contribution is -0.141. The summed E-state index contributed by atoms with van der Waals surface area (Å²) in [5.74, 6) is -1.21. The van der Waals surface area contributed by atoms with Crippen LogP contribution in [0.15, 0.2) is 41.7 Å². The molecule has 1 N–H and O–H groups in total. The van der Waals surface area contributed by atoms with E-state index in [2.05, 4.69) is 0 Å². The highest BCUT2D eigenvalue weighted by Gasteiger charge is 2.38. The van der Waals surface area contributed by atoms with Crippen molar-refractivity contribution < 1.29 is 19.4 Å². The number of ether oxygens (including phenoxy) is 1. The number of hydrogen-bond donors (Lipinski definition) is 1. The second kappa shape index (κ2) is 8.20. The second-order valence-corrected chi connectivity index (χ2v) is 6.97. The van der Waals surface area contributed by atoms with E-state index in [4.69, 9.17) is 4.74 Å². The van der Waals surface area contributed by atoms with Gasteiger partial charge in [-0.25, -0.2) is 4.79 Å². The van der Waals surface area contributed by atoms with E-state index in [1.54, 1.807) is 11.8 Å². The van der Waals surface area contributed by atoms with Gasteiger partial charge in [-0.05, 0) is 24.7 Å². The number of aryl methyl sites for hydroxylation is 1. The Kier molecular flexibility index (Phi) is 6.28. The highest BCUT2D eigenvalue weighted by Crippen LogP contribution is 2.28. The van der Waals surface area contributed by atoms with Gasteiger partial charge in [-0.2, -0.15) is 11.8 Å². The van der Waals surface area contributed by atoms with Crippen LogP contribution in [0.2, 0.25) is 0 Å². The molecule has 1 aromatic rings. The maximum Gasteiger partial charge on any atom is 0.346 e. The molecule has 0 bridgehead atoms. The van der Waals surface area contributed by atoms with E-state index in [1.165, 1.54) is 0 Å². The molecule has 0 saturated carbocycles. The summed E-state index contributed by atoms with van der Waals surface area (Å²) in [6, 6.07) is 9.87. The second-order valence-electron chi connectivity index (χ2n) is 5.70. The van der Waals surface area contributed by atoms with Crippen LogP contribution in [0.4, 0.5) is 0 Å². The maximum atomic E-state index is 12.2. The quantitative estimate of drug-likeness (QED) is 0.583. The van der Waals surface area contributed by atoms with E-state index >= 15 is 0 Å². The minimum Gasteiger partial charge on any atom is -0.507 e. The normalized spacial score (nSPS) is 18.9. The number of hydrogen-bond acceptors (Lipinski definition) is 5. The minimum atomic E-state index is -0.689. The number of benzene rings is 1. The zero-order valence-electron chi connectivity index (χ0n) is 13.5. The zero-order chi connectivity index (χ0) is 16.8. The molecule has 0 amide bonds. The summed E-state index contributed by atoms with van der Waals surface area (Å²) in [7, 11) is 0. The van der Waals surface area contributed by atoms with Gasteiger partial charge in [0.25, 0.3) is 0 Å². The van der Waals surface area contributed by atoms with Crippen molar-refractivity contribution in [1.82, 2.24) is 0 Å². The molecule has 5 heteroatoms. The third-order valence-electron chi connectivity index (χ3n) is 3.95. The molecule has 1 aromatic carbocycles. The van der Waals surface area contributed by atoms with E-state index in [0.29, 0.717) is 12.8 Å². The van der Waals surface area contributed by atoms with Crippen LogP contribution >= 0.6 is 11.8 Å². The van der Waals surface area contributed by atoms with Gasteiger partial charge in [0.1, 0.15) is 5.57 Å². The van der Waals surface area contributed by atoms with Crippen LogP contribution in [-0.2, 0) is 20.7 Å². The molecule has 2 unspecified atom stereocenters. The molecule has 2 atom stereocenters. The van der Waals surface area contributed by atoms with Crippen molar-refractivity contribution in [2.24, 2.45) is 0 Å². The first kappa shape index (κ1) is 17.6. The molecule has 0 aromatic heterocycles. The molecule has 0 spiro atoms. The van der Waals surface area contributed by atoms with Crippen molar-refractivity contribution in [1.29, 1.82) is 0 Å². The Bertz CT molecular complexity index is 594. The van der Waals surface area contributed by atoms with E-state index in [0.717, 1.165) is 12.0 Å². The zero-order valence-corrected chi connectivity index (χ0v) is 14.3. The Morgan fingerprint density at radius 1 is 1.35 bits per heavy atom. The summed E-state index contributed by atoms with van der Waals surface area (Å²) < 4.78 is 5.15. The lowest BCUT2D eigenvalue weighted by Crippen LogP contribution is -2.16. The Hall–Kier alpha value is -1.75. The third kappa shape index (κ3) is 4.61. The van der Waals surface area contributed by atoms with Gasteiger partial charge >= 0.3 is 5.97 Å². The highest BCUT2D eigenvalue weighted by molar-refractivity contribution is 7.99. The molecule has 0 saturated heterocycles. The number of aliphatic hydroxyl groups excluding tert-OH is 1. The van der Waals surface area contributed by atoms with Crippen molar-refractivity contribution >= 4 is 23.5 Å². The predicted molar refractivity (Wildman–Crippen MR) is 91.5 cm³/mol. The molecule has 1 aliphatic heterocycles. The lowest BCUT2D eigenvalue weighted by Gasteiger charge is -2.13. The summed E-state index contributed by atoms with van der Waals surface area (Å²) in [6.07, 6.45) is 3.42. The number of thioether (sulfide) groups is 1. The Morgan fingerprint density at radius 2 is 2.04 bits per heavy atom.